The Morgan fingerprint density at radius 2 is 1.66 bits per heavy atom. The minimum absolute atomic E-state index is 0.870. The third-order valence-corrected chi connectivity index (χ3v) is 6.98. The number of rotatable bonds is 7. The van der Waals surface area contributed by atoms with E-state index in [4.69, 9.17) is 0 Å². The highest BCUT2D eigenvalue weighted by Gasteiger charge is 2.19. The van der Waals surface area contributed by atoms with E-state index in [9.17, 15) is 0 Å². The molecule has 0 aliphatic carbocycles. The molecule has 5 rings (SSSR count). The molecule has 0 atom stereocenters. The topological polar surface area (TPSA) is 4.93 Å². The first kappa shape index (κ1) is 21.0. The van der Waals surface area contributed by atoms with Gasteiger partial charge in [-0.2, -0.15) is 0 Å². The van der Waals surface area contributed by atoms with Crippen molar-refractivity contribution in [3.63, 3.8) is 0 Å². The summed E-state index contributed by atoms with van der Waals surface area (Å²) in [4.78, 5) is 0. The smallest absolute Gasteiger partial charge is 0.0527 e. The summed E-state index contributed by atoms with van der Waals surface area (Å²) in [5, 5.41) is 3.83. The molecule has 0 bridgehead atoms. The van der Waals surface area contributed by atoms with Gasteiger partial charge >= 0.3 is 0 Å². The van der Waals surface area contributed by atoms with Crippen LogP contribution in [0.15, 0.2) is 89.4 Å². The summed E-state index contributed by atoms with van der Waals surface area (Å²) < 4.78 is 3.55. The number of hydrogen-bond donors (Lipinski definition) is 0. The van der Waals surface area contributed by atoms with Crippen LogP contribution in [0.3, 0.4) is 0 Å². The second kappa shape index (κ2) is 9.34. The Labute approximate surface area is 198 Å². The van der Waals surface area contributed by atoms with Crippen molar-refractivity contribution in [3.8, 4) is 11.3 Å². The molecule has 32 heavy (non-hydrogen) atoms. The fraction of sp³-hybridized carbons (Fsp3) is 0.200. The molecule has 1 radical (unpaired) electrons. The Bertz CT molecular complexity index is 1360. The number of nitrogens with zero attached hydrogens (tertiary/aromatic N) is 1. The molecule has 0 aliphatic rings. The van der Waals surface area contributed by atoms with Crippen molar-refractivity contribution in [1.29, 1.82) is 0 Å². The highest BCUT2D eigenvalue weighted by atomic mass is 79.9. The number of aryl methyl sites for hydroxylation is 1. The molecular weight excluding hydrogens is 454 g/mol. The minimum Gasteiger partial charge on any atom is -0.336 e. The Morgan fingerprint density at radius 1 is 0.844 bits per heavy atom. The normalized spacial score (nSPS) is 11.4. The highest BCUT2D eigenvalue weighted by molar-refractivity contribution is 9.10. The van der Waals surface area contributed by atoms with Crippen LogP contribution >= 0.6 is 15.9 Å². The summed E-state index contributed by atoms with van der Waals surface area (Å²) in [7, 11) is 0. The molecule has 0 saturated heterocycles. The second-order valence-electron chi connectivity index (χ2n) is 8.47. The van der Waals surface area contributed by atoms with E-state index < -0.39 is 0 Å². The van der Waals surface area contributed by atoms with Crippen LogP contribution in [0.25, 0.3) is 32.9 Å². The standard InChI is InChI=1S/C30H27BrN/c1-2-3-5-15-27-26-14-8-9-17-29(26)32(21-22-11-6-4-7-12-22)30(27)24-18-19-25-23(20-24)13-10-16-28(25)31/h4,6-14,17-20H,2-3,5,15,21H2,1H3. The molecule has 1 aromatic heterocycles. The monoisotopic (exact) mass is 480 g/mol. The lowest BCUT2D eigenvalue weighted by molar-refractivity contribution is 0.717. The van der Waals surface area contributed by atoms with Gasteiger partial charge in [-0.3, -0.25) is 0 Å². The Kier molecular flexibility index (Phi) is 6.14. The van der Waals surface area contributed by atoms with Crippen LogP contribution in [0, 0.1) is 6.07 Å². The second-order valence-corrected chi connectivity index (χ2v) is 9.26. The maximum absolute atomic E-state index is 3.66. The molecule has 0 N–H and O–H groups in total. The van der Waals surface area contributed by atoms with Crippen LogP contribution in [0.5, 0.6) is 0 Å². The molecule has 0 aliphatic heterocycles. The summed E-state index contributed by atoms with van der Waals surface area (Å²) in [5.74, 6) is 0. The lowest BCUT2D eigenvalue weighted by Gasteiger charge is -2.14. The fourth-order valence-electron chi connectivity index (χ4n) is 4.77. The summed E-state index contributed by atoms with van der Waals surface area (Å²) in [5.41, 5.74) is 6.77. The third kappa shape index (κ3) is 4.00. The van der Waals surface area contributed by atoms with E-state index >= 15 is 0 Å². The molecule has 0 amide bonds. The van der Waals surface area contributed by atoms with Crippen molar-refractivity contribution in [1.82, 2.24) is 4.57 Å². The molecule has 0 fully saturated rings. The number of fused-ring (bicyclic) bond motifs is 2. The molecule has 5 aromatic rings. The van der Waals surface area contributed by atoms with E-state index in [-0.39, 0.29) is 0 Å². The van der Waals surface area contributed by atoms with Crippen molar-refractivity contribution in [3.05, 3.63) is 107 Å². The van der Waals surface area contributed by atoms with Crippen LogP contribution < -0.4 is 0 Å². The molecule has 0 unspecified atom stereocenters. The van der Waals surface area contributed by atoms with Gasteiger partial charge in [0, 0.05) is 21.9 Å². The number of para-hydroxylation sites is 1. The van der Waals surface area contributed by atoms with Crippen molar-refractivity contribution in [2.45, 2.75) is 39.2 Å². The van der Waals surface area contributed by atoms with Gasteiger partial charge in [0.1, 0.15) is 0 Å². The Balaban J connectivity index is 1.75. The molecule has 1 heterocycles. The third-order valence-electron chi connectivity index (χ3n) is 6.32. The van der Waals surface area contributed by atoms with E-state index in [1.165, 1.54) is 63.3 Å². The molecule has 4 aromatic carbocycles. The van der Waals surface area contributed by atoms with Gasteiger partial charge in [0.25, 0.3) is 0 Å². The molecule has 0 spiro atoms. The Hall–Kier alpha value is -2.84. The van der Waals surface area contributed by atoms with Crippen LogP contribution in [0.2, 0.25) is 0 Å². The zero-order valence-electron chi connectivity index (χ0n) is 18.4. The van der Waals surface area contributed by atoms with Crippen LogP contribution in [0.4, 0.5) is 0 Å². The maximum Gasteiger partial charge on any atom is 0.0527 e. The average Bonchev–Trinajstić information content (AvgIpc) is 3.13. The number of hydrogen-bond acceptors (Lipinski definition) is 0. The zero-order valence-corrected chi connectivity index (χ0v) is 20.0. The van der Waals surface area contributed by atoms with Crippen molar-refractivity contribution in [2.75, 3.05) is 0 Å². The van der Waals surface area contributed by atoms with Crippen molar-refractivity contribution < 1.29 is 0 Å². The van der Waals surface area contributed by atoms with E-state index in [0.29, 0.717) is 0 Å². The quantitative estimate of drug-likeness (QED) is 0.205. The van der Waals surface area contributed by atoms with Gasteiger partial charge in [0.15, 0.2) is 0 Å². The summed E-state index contributed by atoms with van der Waals surface area (Å²) >= 11 is 3.66. The first-order valence-electron chi connectivity index (χ1n) is 11.5. The Morgan fingerprint density at radius 3 is 2.50 bits per heavy atom. The van der Waals surface area contributed by atoms with Crippen molar-refractivity contribution in [2.24, 2.45) is 0 Å². The van der Waals surface area contributed by atoms with Crippen LogP contribution in [-0.4, -0.2) is 4.57 Å². The largest absolute Gasteiger partial charge is 0.336 e. The fourth-order valence-corrected chi connectivity index (χ4v) is 5.26. The van der Waals surface area contributed by atoms with E-state index in [0.717, 1.165) is 17.4 Å². The lowest BCUT2D eigenvalue weighted by Crippen LogP contribution is -2.03. The summed E-state index contributed by atoms with van der Waals surface area (Å²) in [6, 6.07) is 34.0. The van der Waals surface area contributed by atoms with Gasteiger partial charge in [-0.1, -0.05) is 92.6 Å². The van der Waals surface area contributed by atoms with Gasteiger partial charge in [-0.15, -0.1) is 0 Å². The number of benzene rings is 4. The van der Waals surface area contributed by atoms with E-state index in [1.807, 2.05) is 6.07 Å². The van der Waals surface area contributed by atoms with Gasteiger partial charge in [0.05, 0.1) is 5.69 Å². The van der Waals surface area contributed by atoms with Gasteiger partial charge in [0.2, 0.25) is 0 Å². The van der Waals surface area contributed by atoms with Crippen LogP contribution in [-0.2, 0) is 13.0 Å². The maximum atomic E-state index is 3.66. The number of unbranched alkanes of at least 4 members (excludes halogenated alkanes) is 2. The summed E-state index contributed by atoms with van der Waals surface area (Å²) in [6.07, 6.45) is 4.82. The molecular formula is C30H27BrN. The average molecular weight is 481 g/mol. The molecule has 0 saturated carbocycles. The predicted molar refractivity (Wildman–Crippen MR) is 140 cm³/mol. The van der Waals surface area contributed by atoms with Crippen LogP contribution in [0.1, 0.15) is 37.3 Å². The molecule has 159 valence electrons. The minimum atomic E-state index is 0.870. The predicted octanol–water partition coefficient (Wildman–Crippen LogP) is 8.81. The van der Waals surface area contributed by atoms with Gasteiger partial charge in [-0.25, -0.2) is 0 Å². The zero-order chi connectivity index (χ0) is 21.9. The van der Waals surface area contributed by atoms with Gasteiger partial charge in [-0.05, 0) is 74.4 Å². The SMILES string of the molecule is CCCCCc1c(-c2ccc3c(Br)[c]ccc3c2)n(Cc2ccccc2)c2ccccc12. The first-order chi connectivity index (χ1) is 15.8. The van der Waals surface area contributed by atoms with E-state index in [2.05, 4.69) is 112 Å². The molecule has 1 nitrogen and oxygen atoms in total. The first-order valence-corrected chi connectivity index (χ1v) is 12.3. The highest BCUT2D eigenvalue weighted by Crippen LogP contribution is 2.37. The summed E-state index contributed by atoms with van der Waals surface area (Å²) in [6.45, 7) is 3.15. The molecule has 2 heteroatoms. The number of aromatic nitrogens is 1. The van der Waals surface area contributed by atoms with Crippen molar-refractivity contribution >= 4 is 37.6 Å². The number of halogens is 1. The van der Waals surface area contributed by atoms with E-state index in [1.54, 1.807) is 0 Å². The van der Waals surface area contributed by atoms with Gasteiger partial charge < -0.3 is 4.57 Å². The lowest BCUT2D eigenvalue weighted by atomic mass is 9.98.